The first-order chi connectivity index (χ1) is 8.23. The van der Waals surface area contributed by atoms with Gasteiger partial charge >= 0.3 is 5.97 Å². The van der Waals surface area contributed by atoms with Gasteiger partial charge in [0.05, 0.1) is 18.6 Å². The Balaban J connectivity index is 1.57. The van der Waals surface area contributed by atoms with E-state index < -0.39 is 0 Å². The van der Waals surface area contributed by atoms with E-state index in [1.807, 2.05) is 0 Å². The summed E-state index contributed by atoms with van der Waals surface area (Å²) in [5, 5.41) is 3.53. The number of cyclic esters (lactones) is 1. The minimum atomic E-state index is -0.0549. The summed E-state index contributed by atoms with van der Waals surface area (Å²) < 4.78 is 11.1. The van der Waals surface area contributed by atoms with Gasteiger partial charge in [0.25, 0.3) is 0 Å². The predicted molar refractivity (Wildman–Crippen MR) is 66.2 cm³/mol. The number of rotatable bonds is 4. The van der Waals surface area contributed by atoms with E-state index in [2.05, 4.69) is 17.9 Å². The Labute approximate surface area is 107 Å². The number of hydrogen-bond acceptors (Lipinski definition) is 5. The molecule has 3 rings (SSSR count). The number of carbonyl (C=O) groups excluding carboxylic acids is 1. The van der Waals surface area contributed by atoms with Crippen molar-refractivity contribution in [3.05, 3.63) is 0 Å². The average molecular weight is 257 g/mol. The molecule has 0 saturated carbocycles. The lowest BCUT2D eigenvalue weighted by Gasteiger charge is -2.31. The van der Waals surface area contributed by atoms with Crippen LogP contribution in [0.5, 0.6) is 0 Å². The molecule has 3 heterocycles. The summed E-state index contributed by atoms with van der Waals surface area (Å²) in [6, 6.07) is 0.459. The normalized spacial score (nSPS) is 43.6. The summed E-state index contributed by atoms with van der Waals surface area (Å²) in [5.74, 6) is 0.863. The van der Waals surface area contributed by atoms with E-state index in [0.29, 0.717) is 19.1 Å². The molecular weight excluding hydrogens is 238 g/mol. The van der Waals surface area contributed by atoms with Gasteiger partial charge in [0.2, 0.25) is 0 Å². The van der Waals surface area contributed by atoms with Crippen molar-refractivity contribution < 1.29 is 14.3 Å². The van der Waals surface area contributed by atoms with Gasteiger partial charge in [0.15, 0.2) is 0 Å². The number of carbonyl (C=O) groups is 1. The predicted octanol–water partition coefficient (Wildman–Crippen LogP) is 0.759. The second-order valence-electron chi connectivity index (χ2n) is 5.44. The number of thiol groups is 1. The summed E-state index contributed by atoms with van der Waals surface area (Å²) >= 11 is 4.20. The van der Waals surface area contributed by atoms with E-state index in [1.54, 1.807) is 0 Å². The minimum absolute atomic E-state index is 0.00345. The van der Waals surface area contributed by atoms with Gasteiger partial charge in [-0.1, -0.05) is 0 Å². The molecule has 1 N–H and O–H groups in total. The van der Waals surface area contributed by atoms with Crippen LogP contribution >= 0.6 is 12.6 Å². The zero-order valence-corrected chi connectivity index (χ0v) is 10.7. The maximum Gasteiger partial charge on any atom is 0.306 e. The smallest absolute Gasteiger partial charge is 0.306 e. The third-order valence-electron chi connectivity index (χ3n) is 4.31. The van der Waals surface area contributed by atoms with Crippen molar-refractivity contribution in [2.45, 2.75) is 43.9 Å². The lowest BCUT2D eigenvalue weighted by molar-refractivity contribution is -0.137. The molecule has 0 radical (unpaired) electrons. The van der Waals surface area contributed by atoms with Crippen molar-refractivity contribution >= 4 is 18.6 Å². The van der Waals surface area contributed by atoms with Crippen LogP contribution in [0.25, 0.3) is 0 Å². The van der Waals surface area contributed by atoms with Gasteiger partial charge < -0.3 is 14.8 Å². The molecule has 5 heteroatoms. The van der Waals surface area contributed by atoms with Crippen LogP contribution in [-0.4, -0.2) is 43.1 Å². The molecule has 1 spiro atoms. The molecule has 2 bridgehead atoms. The number of hydrogen-bond donors (Lipinski definition) is 2. The lowest BCUT2D eigenvalue weighted by Crippen LogP contribution is -2.44. The summed E-state index contributed by atoms with van der Waals surface area (Å²) in [6.07, 6.45) is 4.12. The molecule has 4 atom stereocenters. The molecule has 0 aromatic rings. The molecule has 3 aliphatic rings. The first kappa shape index (κ1) is 11.8. The van der Waals surface area contributed by atoms with Gasteiger partial charge in [0, 0.05) is 11.5 Å². The maximum atomic E-state index is 11.3. The minimum Gasteiger partial charge on any atom is -0.465 e. The van der Waals surface area contributed by atoms with Gasteiger partial charge in [-0.15, -0.1) is 0 Å². The molecule has 0 amide bonds. The monoisotopic (exact) mass is 257 g/mol. The highest BCUT2D eigenvalue weighted by Crippen LogP contribution is 2.52. The summed E-state index contributed by atoms with van der Waals surface area (Å²) in [6.45, 7) is 1.57. The van der Waals surface area contributed by atoms with E-state index >= 15 is 0 Å². The Kier molecular flexibility index (Phi) is 3.09. The van der Waals surface area contributed by atoms with Crippen molar-refractivity contribution in [1.29, 1.82) is 0 Å². The van der Waals surface area contributed by atoms with Crippen LogP contribution in [0.3, 0.4) is 0 Å². The van der Waals surface area contributed by atoms with Crippen LogP contribution in [0.4, 0.5) is 0 Å². The van der Waals surface area contributed by atoms with Crippen molar-refractivity contribution in [3.8, 4) is 0 Å². The molecule has 0 aromatic carbocycles. The van der Waals surface area contributed by atoms with Crippen LogP contribution in [-0.2, 0) is 14.3 Å². The number of esters is 1. The van der Waals surface area contributed by atoms with E-state index in [1.165, 1.54) is 0 Å². The fourth-order valence-electron chi connectivity index (χ4n) is 3.39. The van der Waals surface area contributed by atoms with E-state index in [0.717, 1.165) is 31.6 Å². The lowest BCUT2D eigenvalue weighted by atomic mass is 9.72. The zero-order valence-electron chi connectivity index (χ0n) is 9.85. The Bertz CT molecular complexity index is 325. The van der Waals surface area contributed by atoms with Gasteiger partial charge in [-0.2, -0.15) is 12.6 Å². The summed E-state index contributed by atoms with van der Waals surface area (Å²) in [5.41, 5.74) is 0.00345. The van der Waals surface area contributed by atoms with Crippen molar-refractivity contribution in [1.82, 2.24) is 5.32 Å². The SMILES string of the molecule is O=C1CC2(CO1)CC1OC2CC1NCCCS. The van der Waals surface area contributed by atoms with Crippen molar-refractivity contribution in [2.75, 3.05) is 18.9 Å². The van der Waals surface area contributed by atoms with Gasteiger partial charge in [0.1, 0.15) is 6.61 Å². The quantitative estimate of drug-likeness (QED) is 0.443. The highest BCUT2D eigenvalue weighted by atomic mass is 32.1. The largest absolute Gasteiger partial charge is 0.465 e. The van der Waals surface area contributed by atoms with Crippen molar-refractivity contribution in [2.24, 2.45) is 5.41 Å². The average Bonchev–Trinajstić information content (AvgIpc) is 2.95. The molecule has 3 fully saturated rings. The highest BCUT2D eigenvalue weighted by molar-refractivity contribution is 7.80. The molecule has 4 unspecified atom stereocenters. The van der Waals surface area contributed by atoms with Crippen LogP contribution in [0.1, 0.15) is 25.7 Å². The van der Waals surface area contributed by atoms with Crippen LogP contribution < -0.4 is 5.32 Å². The third-order valence-corrected chi connectivity index (χ3v) is 4.62. The van der Waals surface area contributed by atoms with Crippen LogP contribution in [0, 0.1) is 5.41 Å². The number of nitrogens with one attached hydrogen (secondary N) is 1. The Hall–Kier alpha value is -0.260. The molecule has 96 valence electrons. The molecule has 3 saturated heterocycles. The van der Waals surface area contributed by atoms with E-state index in [-0.39, 0.29) is 23.6 Å². The van der Waals surface area contributed by atoms with E-state index in [4.69, 9.17) is 9.47 Å². The number of fused-ring (bicyclic) bond motifs is 3. The molecule has 0 aliphatic carbocycles. The summed E-state index contributed by atoms with van der Waals surface area (Å²) in [4.78, 5) is 11.3. The molecule has 3 aliphatic heterocycles. The Morgan fingerprint density at radius 3 is 3.00 bits per heavy atom. The van der Waals surface area contributed by atoms with Gasteiger partial charge in [-0.3, -0.25) is 4.79 Å². The van der Waals surface area contributed by atoms with Gasteiger partial charge in [-0.25, -0.2) is 0 Å². The molecule has 0 aromatic heterocycles. The zero-order chi connectivity index (χ0) is 11.9. The standard InChI is InChI=1S/C12H19NO3S/c14-11-6-12(7-15-11)5-9-8(4-10(12)16-9)13-2-1-3-17/h8-10,13,17H,1-7H2. The highest BCUT2D eigenvalue weighted by Gasteiger charge is 2.59. The van der Waals surface area contributed by atoms with Crippen molar-refractivity contribution in [3.63, 3.8) is 0 Å². The number of ether oxygens (including phenoxy) is 2. The Morgan fingerprint density at radius 2 is 2.41 bits per heavy atom. The first-order valence-electron chi connectivity index (χ1n) is 6.39. The third kappa shape index (κ3) is 1.98. The second-order valence-corrected chi connectivity index (χ2v) is 5.89. The fraction of sp³-hybridized carbons (Fsp3) is 0.917. The topological polar surface area (TPSA) is 47.6 Å². The molecular formula is C12H19NO3S. The first-order valence-corrected chi connectivity index (χ1v) is 7.02. The molecule has 4 nitrogen and oxygen atoms in total. The van der Waals surface area contributed by atoms with Crippen LogP contribution in [0.2, 0.25) is 0 Å². The summed E-state index contributed by atoms with van der Waals surface area (Å²) in [7, 11) is 0. The fourth-order valence-corrected chi connectivity index (χ4v) is 3.55. The van der Waals surface area contributed by atoms with Crippen LogP contribution in [0.15, 0.2) is 0 Å². The molecule has 17 heavy (non-hydrogen) atoms. The van der Waals surface area contributed by atoms with E-state index in [9.17, 15) is 4.79 Å². The second kappa shape index (κ2) is 4.44. The van der Waals surface area contributed by atoms with Gasteiger partial charge in [-0.05, 0) is 31.6 Å². The Morgan fingerprint density at radius 1 is 1.53 bits per heavy atom. The maximum absolute atomic E-state index is 11.3.